The zero-order valence-electron chi connectivity index (χ0n) is 12.3. The third-order valence-corrected chi connectivity index (χ3v) is 4.81. The van der Waals surface area contributed by atoms with Gasteiger partial charge in [-0.25, -0.2) is 8.42 Å². The van der Waals surface area contributed by atoms with Crippen LogP contribution in [-0.2, 0) is 10.0 Å². The molecule has 1 aromatic rings. The average molecular weight is 319 g/mol. The normalized spacial score (nSPS) is 12.1. The summed E-state index contributed by atoms with van der Waals surface area (Å²) in [6, 6.07) is 1.85. The van der Waals surface area contributed by atoms with Crippen LogP contribution in [0.15, 0.2) is 17.0 Å². The van der Waals surface area contributed by atoms with Crippen molar-refractivity contribution < 1.29 is 17.7 Å². The van der Waals surface area contributed by atoms with E-state index in [0.717, 1.165) is 16.4 Å². The summed E-state index contributed by atoms with van der Waals surface area (Å²) in [4.78, 5) is 11.4. The van der Waals surface area contributed by atoms with Crippen LogP contribution in [0.2, 0.25) is 0 Å². The average Bonchev–Trinajstić information content (AvgIpc) is 2.38. The van der Waals surface area contributed by atoms with E-state index in [1.165, 1.54) is 14.0 Å². The van der Waals surface area contributed by atoms with Crippen LogP contribution in [0.3, 0.4) is 0 Å². The summed E-state index contributed by atoms with van der Waals surface area (Å²) in [6.07, 6.45) is 0. The molecule has 0 bridgehead atoms. The minimum Gasteiger partial charge on any atom is -0.308 e. The molecule has 0 N–H and O–H groups in total. The standard InChI is InChI=1S/C12H18FN3O4S/c1-9-7-10(8-11(12(9)13)16(17)18)21(19,20)15(4)6-5-14(2)3/h7-8H,5-6H2,1-4H3. The second kappa shape index (κ2) is 6.46. The van der Waals surface area contributed by atoms with Crippen LogP contribution in [0.4, 0.5) is 10.1 Å². The summed E-state index contributed by atoms with van der Waals surface area (Å²) in [5.74, 6) is -1.02. The van der Waals surface area contributed by atoms with Crippen LogP contribution in [0.1, 0.15) is 5.56 Å². The Balaban J connectivity index is 3.23. The minimum absolute atomic E-state index is 0.0798. The first-order chi connectivity index (χ1) is 9.57. The summed E-state index contributed by atoms with van der Waals surface area (Å²) in [5, 5.41) is 10.8. The molecule has 7 nitrogen and oxygen atoms in total. The van der Waals surface area contributed by atoms with E-state index in [1.807, 2.05) is 4.90 Å². The Kier molecular flexibility index (Phi) is 5.37. The lowest BCUT2D eigenvalue weighted by Gasteiger charge is -2.19. The molecule has 0 saturated carbocycles. The monoisotopic (exact) mass is 319 g/mol. The van der Waals surface area contributed by atoms with E-state index < -0.39 is 26.5 Å². The maximum absolute atomic E-state index is 13.6. The first kappa shape index (κ1) is 17.5. The molecule has 0 amide bonds. The van der Waals surface area contributed by atoms with Crippen molar-refractivity contribution in [2.75, 3.05) is 34.2 Å². The molecule has 0 aliphatic carbocycles. The number of hydrogen-bond acceptors (Lipinski definition) is 5. The van der Waals surface area contributed by atoms with Gasteiger partial charge in [-0.15, -0.1) is 0 Å². The molecule has 21 heavy (non-hydrogen) atoms. The van der Waals surface area contributed by atoms with E-state index in [0.29, 0.717) is 6.54 Å². The SMILES string of the molecule is Cc1cc(S(=O)(=O)N(C)CCN(C)C)cc([N+](=O)[O-])c1F. The largest absolute Gasteiger partial charge is 0.308 e. The Morgan fingerprint density at radius 3 is 2.29 bits per heavy atom. The van der Waals surface area contributed by atoms with Gasteiger partial charge in [-0.3, -0.25) is 10.1 Å². The quantitative estimate of drug-likeness (QED) is 0.581. The molecule has 0 saturated heterocycles. The number of likely N-dealkylation sites (N-methyl/N-ethyl adjacent to an activating group) is 2. The summed E-state index contributed by atoms with van der Waals surface area (Å²) in [6.45, 7) is 2.01. The lowest BCUT2D eigenvalue weighted by atomic mass is 10.2. The van der Waals surface area contributed by atoms with Crippen molar-refractivity contribution in [3.05, 3.63) is 33.6 Å². The highest BCUT2D eigenvalue weighted by Crippen LogP contribution is 2.26. The Morgan fingerprint density at radius 2 is 1.81 bits per heavy atom. The van der Waals surface area contributed by atoms with Crippen molar-refractivity contribution in [3.8, 4) is 0 Å². The Morgan fingerprint density at radius 1 is 1.24 bits per heavy atom. The summed E-state index contributed by atoms with van der Waals surface area (Å²) in [7, 11) is 1.08. The van der Waals surface area contributed by atoms with E-state index in [1.54, 1.807) is 14.1 Å². The maximum Gasteiger partial charge on any atom is 0.306 e. The Labute approximate surface area is 123 Å². The molecule has 1 aromatic carbocycles. The lowest BCUT2D eigenvalue weighted by Crippen LogP contribution is -2.33. The lowest BCUT2D eigenvalue weighted by molar-refractivity contribution is -0.387. The zero-order chi connectivity index (χ0) is 16.4. The molecule has 0 unspecified atom stereocenters. The van der Waals surface area contributed by atoms with Gasteiger partial charge in [0.2, 0.25) is 15.8 Å². The fourth-order valence-corrected chi connectivity index (χ4v) is 2.91. The van der Waals surface area contributed by atoms with Gasteiger partial charge in [-0.2, -0.15) is 8.70 Å². The third-order valence-electron chi connectivity index (χ3n) is 2.98. The minimum atomic E-state index is -3.89. The molecule has 0 heterocycles. The van der Waals surface area contributed by atoms with Gasteiger partial charge < -0.3 is 4.90 Å². The van der Waals surface area contributed by atoms with Gasteiger partial charge in [-0.1, -0.05) is 0 Å². The van der Waals surface area contributed by atoms with Crippen LogP contribution in [0.5, 0.6) is 0 Å². The van der Waals surface area contributed by atoms with E-state index >= 15 is 0 Å². The van der Waals surface area contributed by atoms with Gasteiger partial charge in [0.1, 0.15) is 0 Å². The number of aryl methyl sites for hydroxylation is 1. The number of rotatable bonds is 6. The van der Waals surface area contributed by atoms with Crippen LogP contribution in [0, 0.1) is 22.9 Å². The molecule has 0 aliphatic rings. The Bertz CT molecular complexity index is 646. The highest BCUT2D eigenvalue weighted by Gasteiger charge is 2.26. The number of benzene rings is 1. The predicted molar refractivity (Wildman–Crippen MR) is 76.2 cm³/mol. The fraction of sp³-hybridized carbons (Fsp3) is 0.500. The van der Waals surface area contributed by atoms with Crippen molar-refractivity contribution >= 4 is 15.7 Å². The van der Waals surface area contributed by atoms with E-state index in [-0.39, 0.29) is 17.0 Å². The van der Waals surface area contributed by atoms with Crippen LogP contribution >= 0.6 is 0 Å². The molecule has 0 aromatic heterocycles. The smallest absolute Gasteiger partial charge is 0.306 e. The maximum atomic E-state index is 13.6. The van der Waals surface area contributed by atoms with Crippen LogP contribution < -0.4 is 0 Å². The van der Waals surface area contributed by atoms with Crippen molar-refractivity contribution in [1.29, 1.82) is 0 Å². The second-order valence-corrected chi connectivity index (χ2v) is 7.01. The summed E-state index contributed by atoms with van der Waals surface area (Å²) < 4.78 is 39.4. The van der Waals surface area contributed by atoms with Gasteiger partial charge >= 0.3 is 5.69 Å². The zero-order valence-corrected chi connectivity index (χ0v) is 13.1. The van der Waals surface area contributed by atoms with Gasteiger partial charge in [0.25, 0.3) is 0 Å². The number of halogens is 1. The highest BCUT2D eigenvalue weighted by molar-refractivity contribution is 7.89. The molecule has 0 fully saturated rings. The molecule has 118 valence electrons. The summed E-state index contributed by atoms with van der Waals surface area (Å²) in [5.41, 5.74) is -0.918. The molecular formula is C12H18FN3O4S. The molecule has 9 heteroatoms. The van der Waals surface area contributed by atoms with Crippen molar-refractivity contribution in [2.24, 2.45) is 0 Å². The first-order valence-corrected chi connectivity index (χ1v) is 7.57. The number of nitrogens with zero attached hydrogens (tertiary/aromatic N) is 3. The molecule has 0 atom stereocenters. The van der Waals surface area contributed by atoms with Crippen molar-refractivity contribution in [1.82, 2.24) is 9.21 Å². The van der Waals surface area contributed by atoms with Crippen LogP contribution in [0.25, 0.3) is 0 Å². The van der Waals surface area contributed by atoms with Crippen molar-refractivity contribution in [2.45, 2.75) is 11.8 Å². The van der Waals surface area contributed by atoms with Crippen LogP contribution in [-0.4, -0.2) is 56.8 Å². The van der Waals surface area contributed by atoms with Gasteiger partial charge in [-0.05, 0) is 32.6 Å². The molecule has 0 aliphatic heterocycles. The van der Waals surface area contributed by atoms with Crippen molar-refractivity contribution in [3.63, 3.8) is 0 Å². The fourth-order valence-electron chi connectivity index (χ4n) is 1.64. The van der Waals surface area contributed by atoms with E-state index in [9.17, 15) is 22.9 Å². The van der Waals surface area contributed by atoms with Gasteiger partial charge in [0.15, 0.2) is 0 Å². The van der Waals surface area contributed by atoms with Gasteiger partial charge in [0, 0.05) is 26.2 Å². The number of nitro benzene ring substituents is 1. The number of sulfonamides is 1. The molecule has 0 spiro atoms. The second-order valence-electron chi connectivity index (χ2n) is 4.96. The third kappa shape index (κ3) is 3.96. The first-order valence-electron chi connectivity index (χ1n) is 6.13. The van der Waals surface area contributed by atoms with Gasteiger partial charge in [0.05, 0.1) is 9.82 Å². The van der Waals surface area contributed by atoms with E-state index in [2.05, 4.69) is 0 Å². The van der Waals surface area contributed by atoms with E-state index in [4.69, 9.17) is 0 Å². The highest BCUT2D eigenvalue weighted by atomic mass is 32.2. The molecule has 1 rings (SSSR count). The number of nitro groups is 1. The molecular weight excluding hydrogens is 301 g/mol. The topological polar surface area (TPSA) is 83.8 Å². The predicted octanol–water partition coefficient (Wildman–Crippen LogP) is 1.22. The number of hydrogen-bond donors (Lipinski definition) is 0. The Hall–Kier alpha value is -1.58. The summed E-state index contributed by atoms with van der Waals surface area (Å²) >= 11 is 0. The molecule has 0 radical (unpaired) electrons.